The molecule has 0 radical (unpaired) electrons. The first kappa shape index (κ1) is 12.5. The molecule has 0 aromatic heterocycles. The minimum absolute atomic E-state index is 0.697. The monoisotopic (exact) mass is 241 g/mol. The standard InChI is InChI=1S/C16H19NO/c1-4-18-16-11(2)9-14(10-12(16)3)13-5-7-15(17)8-6-13/h5-10H,4,17H2,1-3H3. The molecule has 2 nitrogen and oxygen atoms in total. The Morgan fingerprint density at radius 2 is 1.50 bits per heavy atom. The minimum Gasteiger partial charge on any atom is -0.493 e. The molecular formula is C16H19NO. The molecule has 2 rings (SSSR count). The summed E-state index contributed by atoms with van der Waals surface area (Å²) in [6.07, 6.45) is 0. The lowest BCUT2D eigenvalue weighted by molar-refractivity contribution is 0.335. The first-order valence-electron chi connectivity index (χ1n) is 6.21. The largest absolute Gasteiger partial charge is 0.493 e. The van der Waals surface area contributed by atoms with Gasteiger partial charge in [-0.3, -0.25) is 0 Å². The van der Waals surface area contributed by atoms with E-state index in [2.05, 4.69) is 26.0 Å². The van der Waals surface area contributed by atoms with E-state index in [4.69, 9.17) is 10.5 Å². The number of nitrogen functional groups attached to an aromatic ring is 1. The predicted octanol–water partition coefficient (Wildman–Crippen LogP) is 3.95. The van der Waals surface area contributed by atoms with E-state index in [0.717, 1.165) is 11.4 Å². The van der Waals surface area contributed by atoms with E-state index < -0.39 is 0 Å². The Kier molecular flexibility index (Phi) is 3.56. The average Bonchev–Trinajstić information content (AvgIpc) is 2.34. The van der Waals surface area contributed by atoms with Crippen molar-refractivity contribution in [1.29, 1.82) is 0 Å². The highest BCUT2D eigenvalue weighted by molar-refractivity contribution is 5.68. The Labute approximate surface area is 108 Å². The van der Waals surface area contributed by atoms with Crippen LogP contribution in [0.2, 0.25) is 0 Å². The van der Waals surface area contributed by atoms with Crippen molar-refractivity contribution < 1.29 is 4.74 Å². The van der Waals surface area contributed by atoms with Crippen molar-refractivity contribution in [2.75, 3.05) is 12.3 Å². The second-order valence-corrected chi connectivity index (χ2v) is 4.49. The lowest BCUT2D eigenvalue weighted by atomic mass is 9.99. The molecule has 0 unspecified atom stereocenters. The van der Waals surface area contributed by atoms with Gasteiger partial charge in [-0.25, -0.2) is 0 Å². The SMILES string of the molecule is CCOc1c(C)cc(-c2ccc(N)cc2)cc1C. The van der Waals surface area contributed by atoms with Crippen LogP contribution in [0.25, 0.3) is 11.1 Å². The normalized spacial score (nSPS) is 10.4. The highest BCUT2D eigenvalue weighted by Gasteiger charge is 2.07. The van der Waals surface area contributed by atoms with E-state index in [1.54, 1.807) is 0 Å². The number of anilines is 1. The van der Waals surface area contributed by atoms with Crippen LogP contribution in [-0.2, 0) is 0 Å². The number of nitrogens with two attached hydrogens (primary N) is 1. The molecule has 0 fully saturated rings. The zero-order valence-corrected chi connectivity index (χ0v) is 11.2. The third-order valence-electron chi connectivity index (χ3n) is 2.99. The van der Waals surface area contributed by atoms with Crippen LogP contribution in [0.3, 0.4) is 0 Å². The van der Waals surface area contributed by atoms with E-state index in [9.17, 15) is 0 Å². The van der Waals surface area contributed by atoms with Gasteiger partial charge in [-0.2, -0.15) is 0 Å². The first-order chi connectivity index (χ1) is 8.61. The molecule has 0 atom stereocenters. The van der Waals surface area contributed by atoms with E-state index in [1.165, 1.54) is 22.3 Å². The molecule has 0 aliphatic heterocycles. The van der Waals surface area contributed by atoms with Crippen LogP contribution < -0.4 is 10.5 Å². The molecule has 0 heterocycles. The molecule has 2 heteroatoms. The molecule has 18 heavy (non-hydrogen) atoms. The van der Waals surface area contributed by atoms with Crippen LogP contribution in [0.5, 0.6) is 5.75 Å². The van der Waals surface area contributed by atoms with Crippen LogP contribution in [0.1, 0.15) is 18.1 Å². The molecular weight excluding hydrogens is 222 g/mol. The Morgan fingerprint density at radius 3 is 2.00 bits per heavy atom. The molecule has 2 aromatic carbocycles. The molecule has 0 aliphatic carbocycles. The third-order valence-corrected chi connectivity index (χ3v) is 2.99. The molecule has 0 bridgehead atoms. The Bertz CT molecular complexity index is 521. The summed E-state index contributed by atoms with van der Waals surface area (Å²) in [5, 5.41) is 0. The molecule has 0 spiro atoms. The molecule has 0 saturated carbocycles. The van der Waals surface area contributed by atoms with Gasteiger partial charge in [0, 0.05) is 5.69 Å². The summed E-state index contributed by atoms with van der Waals surface area (Å²) >= 11 is 0. The Hall–Kier alpha value is -1.96. The van der Waals surface area contributed by atoms with E-state index >= 15 is 0 Å². The van der Waals surface area contributed by atoms with Crippen LogP contribution in [0, 0.1) is 13.8 Å². The van der Waals surface area contributed by atoms with Crippen molar-refractivity contribution in [3.05, 3.63) is 47.5 Å². The first-order valence-corrected chi connectivity index (χ1v) is 6.21. The maximum absolute atomic E-state index is 5.71. The topological polar surface area (TPSA) is 35.2 Å². The minimum atomic E-state index is 0.697. The van der Waals surface area contributed by atoms with Gasteiger partial charge in [0.1, 0.15) is 5.75 Å². The zero-order chi connectivity index (χ0) is 13.1. The van der Waals surface area contributed by atoms with Crippen molar-refractivity contribution in [3.63, 3.8) is 0 Å². The summed E-state index contributed by atoms with van der Waals surface area (Å²) in [7, 11) is 0. The van der Waals surface area contributed by atoms with Crippen LogP contribution in [0.15, 0.2) is 36.4 Å². The smallest absolute Gasteiger partial charge is 0.125 e. The maximum Gasteiger partial charge on any atom is 0.125 e. The van der Waals surface area contributed by atoms with Crippen molar-refractivity contribution in [2.24, 2.45) is 0 Å². The average molecular weight is 241 g/mol. The Balaban J connectivity index is 2.44. The van der Waals surface area contributed by atoms with Crippen LogP contribution in [0.4, 0.5) is 5.69 Å². The van der Waals surface area contributed by atoms with Crippen LogP contribution >= 0.6 is 0 Å². The highest BCUT2D eigenvalue weighted by Crippen LogP contribution is 2.30. The number of ether oxygens (including phenoxy) is 1. The fourth-order valence-electron chi connectivity index (χ4n) is 2.16. The number of aryl methyl sites for hydroxylation is 2. The predicted molar refractivity (Wildman–Crippen MR) is 76.9 cm³/mol. The second kappa shape index (κ2) is 5.13. The summed E-state index contributed by atoms with van der Waals surface area (Å²) in [5.41, 5.74) is 11.2. The lowest BCUT2D eigenvalue weighted by Gasteiger charge is -2.13. The number of hydrogen-bond acceptors (Lipinski definition) is 2. The fourth-order valence-corrected chi connectivity index (χ4v) is 2.16. The van der Waals surface area contributed by atoms with Gasteiger partial charge in [-0.05, 0) is 67.3 Å². The van der Waals surface area contributed by atoms with Gasteiger partial charge in [0.2, 0.25) is 0 Å². The van der Waals surface area contributed by atoms with Crippen molar-refractivity contribution >= 4 is 5.69 Å². The van der Waals surface area contributed by atoms with E-state index in [-0.39, 0.29) is 0 Å². The highest BCUT2D eigenvalue weighted by atomic mass is 16.5. The molecule has 0 aliphatic rings. The third kappa shape index (κ3) is 2.48. The van der Waals surface area contributed by atoms with Crippen molar-refractivity contribution in [1.82, 2.24) is 0 Å². The van der Waals surface area contributed by atoms with Gasteiger partial charge in [0.15, 0.2) is 0 Å². The number of rotatable bonds is 3. The van der Waals surface area contributed by atoms with Crippen LogP contribution in [-0.4, -0.2) is 6.61 Å². The van der Waals surface area contributed by atoms with Gasteiger partial charge in [0.25, 0.3) is 0 Å². The summed E-state index contributed by atoms with van der Waals surface area (Å²) < 4.78 is 5.66. The molecule has 2 N–H and O–H groups in total. The summed E-state index contributed by atoms with van der Waals surface area (Å²) in [4.78, 5) is 0. The molecule has 0 amide bonds. The van der Waals surface area contributed by atoms with Gasteiger partial charge in [0.05, 0.1) is 6.61 Å². The quantitative estimate of drug-likeness (QED) is 0.826. The summed E-state index contributed by atoms with van der Waals surface area (Å²) in [5.74, 6) is 0.997. The lowest BCUT2D eigenvalue weighted by Crippen LogP contribution is -1.97. The summed E-state index contributed by atoms with van der Waals surface area (Å²) in [6, 6.07) is 12.3. The van der Waals surface area contributed by atoms with Gasteiger partial charge < -0.3 is 10.5 Å². The second-order valence-electron chi connectivity index (χ2n) is 4.49. The fraction of sp³-hybridized carbons (Fsp3) is 0.250. The van der Waals surface area contributed by atoms with Crippen molar-refractivity contribution in [2.45, 2.75) is 20.8 Å². The Morgan fingerprint density at radius 1 is 0.944 bits per heavy atom. The van der Waals surface area contributed by atoms with Crippen molar-refractivity contribution in [3.8, 4) is 16.9 Å². The van der Waals surface area contributed by atoms with Gasteiger partial charge >= 0.3 is 0 Å². The molecule has 0 saturated heterocycles. The zero-order valence-electron chi connectivity index (χ0n) is 11.2. The van der Waals surface area contributed by atoms with E-state index in [0.29, 0.717) is 6.61 Å². The van der Waals surface area contributed by atoms with Gasteiger partial charge in [-0.15, -0.1) is 0 Å². The van der Waals surface area contributed by atoms with E-state index in [1.807, 2.05) is 31.2 Å². The maximum atomic E-state index is 5.71. The van der Waals surface area contributed by atoms with Gasteiger partial charge in [-0.1, -0.05) is 12.1 Å². The number of hydrogen-bond donors (Lipinski definition) is 1. The molecule has 94 valence electrons. The molecule has 2 aromatic rings. The number of benzene rings is 2. The summed E-state index contributed by atoms with van der Waals surface area (Å²) in [6.45, 7) is 6.87.